The summed E-state index contributed by atoms with van der Waals surface area (Å²) in [4.78, 5) is 14.9. The lowest BCUT2D eigenvalue weighted by Crippen LogP contribution is -2.33. The Morgan fingerprint density at radius 3 is 2.71 bits per heavy atom. The molecule has 1 fully saturated rings. The third-order valence-corrected chi connectivity index (χ3v) is 5.85. The lowest BCUT2D eigenvalue weighted by Gasteiger charge is -2.18. The van der Waals surface area contributed by atoms with E-state index >= 15 is 0 Å². The Balaban J connectivity index is 2.21. The number of aryl methyl sites for hydroxylation is 1. The van der Waals surface area contributed by atoms with E-state index in [2.05, 4.69) is 4.98 Å². The van der Waals surface area contributed by atoms with Crippen molar-refractivity contribution in [1.29, 1.82) is 0 Å². The smallest absolute Gasteiger partial charge is 0.278 e. The molecule has 1 aromatic rings. The van der Waals surface area contributed by atoms with Crippen LogP contribution in [0.3, 0.4) is 0 Å². The molecular formula is C13H19N3O4S. The van der Waals surface area contributed by atoms with Crippen LogP contribution in [0.1, 0.15) is 23.2 Å². The fourth-order valence-corrected chi connectivity index (χ4v) is 4.70. The summed E-state index contributed by atoms with van der Waals surface area (Å²) in [5.74, 6) is 0.170. The van der Waals surface area contributed by atoms with Gasteiger partial charge in [0.05, 0.1) is 22.1 Å². The van der Waals surface area contributed by atoms with Gasteiger partial charge in [0.25, 0.3) is 5.69 Å². The summed E-state index contributed by atoms with van der Waals surface area (Å²) in [7, 11) is -2.98. The van der Waals surface area contributed by atoms with Gasteiger partial charge >= 0.3 is 0 Å². The van der Waals surface area contributed by atoms with Crippen LogP contribution in [0.25, 0.3) is 0 Å². The highest BCUT2D eigenvalue weighted by Gasteiger charge is 2.32. The maximum atomic E-state index is 11.5. The molecule has 1 aliphatic rings. The molecule has 0 radical (unpaired) electrons. The standard InChI is InChI=1S/C13H19N3O4S/c1-8-6-15-12(9(2)13(8)16(17)18)5-11(14)10-3-4-21(19,20)7-10/h6,10-11H,3-5,7,14H2,1-2H3. The van der Waals surface area contributed by atoms with Crippen molar-refractivity contribution in [3.05, 3.63) is 33.1 Å². The molecule has 7 nitrogen and oxygen atoms in total. The molecule has 1 aliphatic heterocycles. The average molecular weight is 313 g/mol. The highest BCUT2D eigenvalue weighted by Crippen LogP contribution is 2.27. The van der Waals surface area contributed by atoms with Crippen molar-refractivity contribution < 1.29 is 13.3 Å². The Labute approximate surface area is 123 Å². The molecule has 2 rings (SSSR count). The number of nitrogens with two attached hydrogens (primary N) is 1. The van der Waals surface area contributed by atoms with Gasteiger partial charge in [-0.25, -0.2) is 8.42 Å². The van der Waals surface area contributed by atoms with Crippen LogP contribution in [-0.4, -0.2) is 35.9 Å². The molecule has 0 amide bonds. The zero-order valence-corrected chi connectivity index (χ0v) is 12.9. The third-order valence-electron chi connectivity index (χ3n) is 4.06. The van der Waals surface area contributed by atoms with E-state index in [1.54, 1.807) is 13.8 Å². The highest BCUT2D eigenvalue weighted by atomic mass is 32.2. The van der Waals surface area contributed by atoms with Gasteiger partial charge in [-0.05, 0) is 26.2 Å². The van der Waals surface area contributed by atoms with E-state index in [-0.39, 0.29) is 29.2 Å². The first-order valence-electron chi connectivity index (χ1n) is 6.76. The molecule has 2 unspecified atom stereocenters. The number of pyridine rings is 1. The van der Waals surface area contributed by atoms with E-state index in [0.29, 0.717) is 29.7 Å². The van der Waals surface area contributed by atoms with Gasteiger partial charge < -0.3 is 5.73 Å². The maximum Gasteiger partial charge on any atom is 0.278 e. The van der Waals surface area contributed by atoms with Crippen LogP contribution >= 0.6 is 0 Å². The molecule has 2 atom stereocenters. The topological polar surface area (TPSA) is 116 Å². The fourth-order valence-electron chi connectivity index (χ4n) is 2.80. The van der Waals surface area contributed by atoms with E-state index in [1.165, 1.54) is 6.20 Å². The molecule has 1 aromatic heterocycles. The van der Waals surface area contributed by atoms with Crippen LogP contribution in [0.2, 0.25) is 0 Å². The van der Waals surface area contributed by atoms with Gasteiger partial charge in [0.1, 0.15) is 0 Å². The third kappa shape index (κ3) is 3.38. The van der Waals surface area contributed by atoms with Gasteiger partial charge in [0.15, 0.2) is 9.84 Å². The lowest BCUT2D eigenvalue weighted by molar-refractivity contribution is -0.386. The molecule has 21 heavy (non-hydrogen) atoms. The first-order chi connectivity index (χ1) is 9.71. The number of nitro groups is 1. The minimum absolute atomic E-state index is 0.0613. The molecule has 2 heterocycles. The summed E-state index contributed by atoms with van der Waals surface area (Å²) in [5, 5.41) is 11.1. The molecule has 8 heteroatoms. The molecule has 2 N–H and O–H groups in total. The number of nitrogens with zero attached hydrogens (tertiary/aromatic N) is 2. The minimum Gasteiger partial charge on any atom is -0.327 e. The molecule has 0 saturated carbocycles. The van der Waals surface area contributed by atoms with Crippen LogP contribution in [0.15, 0.2) is 6.20 Å². The van der Waals surface area contributed by atoms with Crippen LogP contribution in [0.4, 0.5) is 5.69 Å². The second-order valence-electron chi connectivity index (χ2n) is 5.65. The van der Waals surface area contributed by atoms with Crippen molar-refractivity contribution in [2.24, 2.45) is 11.7 Å². The molecule has 0 bridgehead atoms. The van der Waals surface area contributed by atoms with E-state index in [1.807, 2.05) is 0 Å². The second-order valence-corrected chi connectivity index (χ2v) is 7.88. The number of aromatic nitrogens is 1. The van der Waals surface area contributed by atoms with Crippen molar-refractivity contribution >= 4 is 15.5 Å². The van der Waals surface area contributed by atoms with Crippen LogP contribution < -0.4 is 5.73 Å². The monoisotopic (exact) mass is 313 g/mol. The minimum atomic E-state index is -2.98. The normalized spacial score (nSPS) is 22.1. The molecule has 0 aliphatic carbocycles. The predicted octanol–water partition coefficient (Wildman–Crippen LogP) is 0.911. The van der Waals surface area contributed by atoms with Crippen molar-refractivity contribution in [2.75, 3.05) is 11.5 Å². The van der Waals surface area contributed by atoms with Gasteiger partial charge in [-0.2, -0.15) is 0 Å². The molecular weight excluding hydrogens is 294 g/mol. The molecule has 0 spiro atoms. The summed E-state index contributed by atoms with van der Waals surface area (Å²) in [6, 6.07) is -0.351. The summed E-state index contributed by atoms with van der Waals surface area (Å²) < 4.78 is 23.0. The predicted molar refractivity (Wildman–Crippen MR) is 78.8 cm³/mol. The maximum absolute atomic E-state index is 11.5. The van der Waals surface area contributed by atoms with Crippen molar-refractivity contribution in [3.8, 4) is 0 Å². The SMILES string of the molecule is Cc1cnc(CC(N)C2CCS(=O)(=O)C2)c(C)c1[N+](=O)[O-]. The van der Waals surface area contributed by atoms with Gasteiger partial charge in [-0.1, -0.05) is 0 Å². The number of hydrogen-bond donors (Lipinski definition) is 1. The summed E-state index contributed by atoms with van der Waals surface area (Å²) >= 11 is 0. The highest BCUT2D eigenvalue weighted by molar-refractivity contribution is 7.91. The quantitative estimate of drug-likeness (QED) is 0.652. The average Bonchev–Trinajstić information content (AvgIpc) is 2.73. The van der Waals surface area contributed by atoms with E-state index in [4.69, 9.17) is 5.73 Å². The van der Waals surface area contributed by atoms with Crippen LogP contribution in [0, 0.1) is 29.9 Å². The fraction of sp³-hybridized carbons (Fsp3) is 0.615. The Bertz CT molecular complexity index is 672. The first-order valence-corrected chi connectivity index (χ1v) is 8.59. The van der Waals surface area contributed by atoms with Gasteiger partial charge in [0, 0.05) is 29.8 Å². The van der Waals surface area contributed by atoms with Gasteiger partial charge in [0.2, 0.25) is 0 Å². The Hall–Kier alpha value is -1.54. The lowest BCUT2D eigenvalue weighted by atomic mass is 9.94. The number of hydrogen-bond acceptors (Lipinski definition) is 6. The zero-order valence-electron chi connectivity index (χ0n) is 12.1. The van der Waals surface area contributed by atoms with Crippen LogP contribution in [0.5, 0.6) is 0 Å². The molecule has 1 saturated heterocycles. The van der Waals surface area contributed by atoms with E-state index in [0.717, 1.165) is 0 Å². The zero-order chi connectivity index (χ0) is 15.8. The Morgan fingerprint density at radius 2 is 2.19 bits per heavy atom. The van der Waals surface area contributed by atoms with E-state index in [9.17, 15) is 18.5 Å². The Morgan fingerprint density at radius 1 is 1.52 bits per heavy atom. The van der Waals surface area contributed by atoms with Crippen LogP contribution in [-0.2, 0) is 16.3 Å². The summed E-state index contributed by atoms with van der Waals surface area (Å²) in [6.45, 7) is 3.30. The van der Waals surface area contributed by atoms with Gasteiger partial charge in [-0.15, -0.1) is 0 Å². The number of sulfone groups is 1. The molecule has 116 valence electrons. The van der Waals surface area contributed by atoms with E-state index < -0.39 is 14.8 Å². The first kappa shape index (κ1) is 15.8. The Kier molecular flexibility index (Phi) is 4.29. The largest absolute Gasteiger partial charge is 0.327 e. The summed E-state index contributed by atoms with van der Waals surface area (Å²) in [6.07, 6.45) is 2.38. The molecule has 0 aromatic carbocycles. The van der Waals surface area contributed by atoms with Crippen molar-refractivity contribution in [3.63, 3.8) is 0 Å². The number of rotatable bonds is 4. The summed E-state index contributed by atoms with van der Waals surface area (Å²) in [5.41, 5.74) is 7.75. The second kappa shape index (κ2) is 5.69. The van der Waals surface area contributed by atoms with Crippen molar-refractivity contribution in [2.45, 2.75) is 32.7 Å². The van der Waals surface area contributed by atoms with Gasteiger partial charge in [-0.3, -0.25) is 15.1 Å². The van der Waals surface area contributed by atoms with Crippen molar-refractivity contribution in [1.82, 2.24) is 4.98 Å².